The van der Waals surface area contributed by atoms with Crippen LogP contribution in [0.15, 0.2) is 79.6 Å². The average Bonchev–Trinajstić information content (AvgIpc) is 3.34. The SMILES string of the molecule is O=C([O-])/C(=C\c1ccc(-c2cccc(C(=O)[O-])c2)o1)Sc1nc2ccccc2o1. The Labute approximate surface area is 168 Å². The number of carboxylic acids is 2. The Hall–Kier alpha value is -3.78. The number of carbonyl (C=O) groups excluding carboxylic acids is 2. The van der Waals surface area contributed by atoms with Crippen LogP contribution in [0.3, 0.4) is 0 Å². The molecule has 0 aliphatic rings. The van der Waals surface area contributed by atoms with Gasteiger partial charge in [0.25, 0.3) is 5.22 Å². The van der Waals surface area contributed by atoms with Crippen LogP contribution < -0.4 is 10.2 Å². The first-order valence-electron chi connectivity index (χ1n) is 8.38. The maximum atomic E-state index is 11.5. The molecule has 0 radical (unpaired) electrons. The van der Waals surface area contributed by atoms with Gasteiger partial charge < -0.3 is 28.6 Å². The Kier molecular flexibility index (Phi) is 4.92. The minimum absolute atomic E-state index is 0.0120. The van der Waals surface area contributed by atoms with Gasteiger partial charge in [-0.1, -0.05) is 30.3 Å². The van der Waals surface area contributed by atoms with Crippen molar-refractivity contribution in [2.75, 3.05) is 0 Å². The van der Waals surface area contributed by atoms with Gasteiger partial charge in [-0.3, -0.25) is 0 Å². The van der Waals surface area contributed by atoms with Crippen LogP contribution in [0, 0.1) is 0 Å². The van der Waals surface area contributed by atoms with E-state index in [1.165, 1.54) is 18.2 Å². The van der Waals surface area contributed by atoms with Crippen LogP contribution in [0.5, 0.6) is 0 Å². The molecule has 0 unspecified atom stereocenters. The van der Waals surface area contributed by atoms with Crippen molar-refractivity contribution >= 4 is 40.9 Å². The molecule has 0 atom stereocenters. The van der Waals surface area contributed by atoms with E-state index < -0.39 is 11.9 Å². The second-order valence-electron chi connectivity index (χ2n) is 5.92. The zero-order valence-electron chi connectivity index (χ0n) is 14.7. The highest BCUT2D eigenvalue weighted by Crippen LogP contribution is 2.31. The minimum atomic E-state index is -1.41. The van der Waals surface area contributed by atoms with E-state index in [-0.39, 0.29) is 21.5 Å². The third kappa shape index (κ3) is 4.07. The Bertz CT molecular complexity index is 1220. The van der Waals surface area contributed by atoms with E-state index in [4.69, 9.17) is 8.83 Å². The first-order chi connectivity index (χ1) is 14.0. The highest BCUT2D eigenvalue weighted by Gasteiger charge is 2.12. The van der Waals surface area contributed by atoms with E-state index in [0.29, 0.717) is 22.4 Å². The fourth-order valence-electron chi connectivity index (χ4n) is 2.63. The van der Waals surface area contributed by atoms with Crippen LogP contribution in [0.4, 0.5) is 0 Å². The Balaban J connectivity index is 1.61. The van der Waals surface area contributed by atoms with E-state index in [1.54, 1.807) is 48.5 Å². The van der Waals surface area contributed by atoms with Gasteiger partial charge in [-0.05, 0) is 53.7 Å². The van der Waals surface area contributed by atoms with Crippen LogP contribution in [0.25, 0.3) is 28.5 Å². The summed E-state index contributed by atoms with van der Waals surface area (Å²) in [5.41, 5.74) is 1.69. The second-order valence-corrected chi connectivity index (χ2v) is 6.91. The molecule has 144 valence electrons. The quantitative estimate of drug-likeness (QED) is 0.354. The number of aromatic carboxylic acids is 1. The fourth-order valence-corrected chi connectivity index (χ4v) is 3.36. The number of carboxylic acid groups (broad SMARTS) is 2. The van der Waals surface area contributed by atoms with Gasteiger partial charge in [0.1, 0.15) is 17.0 Å². The predicted molar refractivity (Wildman–Crippen MR) is 101 cm³/mol. The molecule has 0 saturated carbocycles. The van der Waals surface area contributed by atoms with E-state index in [0.717, 1.165) is 11.8 Å². The van der Waals surface area contributed by atoms with Gasteiger partial charge in [0, 0.05) is 10.5 Å². The van der Waals surface area contributed by atoms with E-state index in [1.807, 2.05) is 0 Å². The molecule has 0 amide bonds. The van der Waals surface area contributed by atoms with Crippen molar-refractivity contribution in [1.29, 1.82) is 0 Å². The standard InChI is InChI=1S/C21H13NO6S/c23-19(24)13-5-3-4-12(10-13)16-9-8-14(27-16)11-18(20(25)26)29-21-22-15-6-1-2-7-17(15)28-21/h1-11H,(H,23,24)(H,25,26)/p-2/b18-11+. The summed E-state index contributed by atoms with van der Waals surface area (Å²) in [6.07, 6.45) is 1.29. The van der Waals surface area contributed by atoms with E-state index in [2.05, 4.69) is 4.98 Å². The van der Waals surface area contributed by atoms with Crippen molar-refractivity contribution < 1.29 is 28.6 Å². The molecule has 4 aromatic rings. The summed E-state index contributed by atoms with van der Waals surface area (Å²) in [4.78, 5) is 26.6. The van der Waals surface area contributed by atoms with Crippen molar-refractivity contribution in [3.05, 3.63) is 76.9 Å². The molecule has 0 aliphatic heterocycles. The number of carbonyl (C=O) groups is 2. The molecule has 0 spiro atoms. The molecule has 0 aliphatic carbocycles. The van der Waals surface area contributed by atoms with Crippen molar-refractivity contribution in [2.24, 2.45) is 0 Å². The number of nitrogens with zero attached hydrogens (tertiary/aromatic N) is 1. The molecule has 2 aromatic carbocycles. The Morgan fingerprint density at radius 3 is 2.55 bits per heavy atom. The Morgan fingerprint density at radius 1 is 0.966 bits per heavy atom. The first-order valence-corrected chi connectivity index (χ1v) is 9.19. The molecule has 0 N–H and O–H groups in total. The van der Waals surface area contributed by atoms with E-state index in [9.17, 15) is 19.8 Å². The fraction of sp³-hybridized carbons (Fsp3) is 0. The number of furan rings is 1. The normalized spacial score (nSPS) is 11.7. The van der Waals surface area contributed by atoms with Crippen molar-refractivity contribution in [1.82, 2.24) is 4.98 Å². The first kappa shape index (κ1) is 18.6. The summed E-state index contributed by atoms with van der Waals surface area (Å²) >= 11 is 0.804. The van der Waals surface area contributed by atoms with Gasteiger partial charge in [0.15, 0.2) is 5.58 Å². The second kappa shape index (κ2) is 7.69. The zero-order valence-corrected chi connectivity index (χ0v) is 15.5. The molecular weight excluding hydrogens is 394 g/mol. The predicted octanol–water partition coefficient (Wildman–Crippen LogP) is 2.33. The lowest BCUT2D eigenvalue weighted by Gasteiger charge is -2.05. The summed E-state index contributed by atoms with van der Waals surface area (Å²) in [7, 11) is 0. The molecule has 2 aromatic heterocycles. The maximum Gasteiger partial charge on any atom is 0.261 e. The van der Waals surface area contributed by atoms with Crippen molar-refractivity contribution in [3.8, 4) is 11.3 Å². The maximum absolute atomic E-state index is 11.5. The number of fused-ring (bicyclic) bond motifs is 1. The topological polar surface area (TPSA) is 119 Å². The summed E-state index contributed by atoms with van der Waals surface area (Å²) in [6.45, 7) is 0. The van der Waals surface area contributed by atoms with Gasteiger partial charge in [0.05, 0.1) is 11.9 Å². The summed E-state index contributed by atoms with van der Waals surface area (Å²) in [5, 5.41) is 22.7. The lowest BCUT2D eigenvalue weighted by Crippen LogP contribution is -2.22. The molecule has 0 bridgehead atoms. The number of thioether (sulfide) groups is 1. The number of aromatic nitrogens is 1. The van der Waals surface area contributed by atoms with Crippen LogP contribution >= 0.6 is 11.8 Å². The smallest absolute Gasteiger partial charge is 0.261 e. The number of aliphatic carboxylic acids is 1. The van der Waals surface area contributed by atoms with Crippen LogP contribution in [-0.4, -0.2) is 16.9 Å². The third-order valence-electron chi connectivity index (χ3n) is 3.96. The number of hydrogen-bond acceptors (Lipinski definition) is 8. The molecule has 4 rings (SSSR count). The monoisotopic (exact) mass is 405 g/mol. The molecule has 7 nitrogen and oxygen atoms in total. The molecular formula is C21H11NO6S-2. The van der Waals surface area contributed by atoms with Gasteiger partial charge in [-0.15, -0.1) is 0 Å². The van der Waals surface area contributed by atoms with E-state index >= 15 is 0 Å². The Morgan fingerprint density at radius 2 is 1.79 bits per heavy atom. The van der Waals surface area contributed by atoms with Crippen molar-refractivity contribution in [2.45, 2.75) is 5.22 Å². The van der Waals surface area contributed by atoms with Crippen LogP contribution in [0.1, 0.15) is 16.1 Å². The number of rotatable bonds is 6. The minimum Gasteiger partial charge on any atom is -0.545 e. The average molecular weight is 405 g/mol. The van der Waals surface area contributed by atoms with Gasteiger partial charge in [-0.25, -0.2) is 4.98 Å². The largest absolute Gasteiger partial charge is 0.545 e. The zero-order chi connectivity index (χ0) is 20.4. The molecule has 29 heavy (non-hydrogen) atoms. The molecule has 8 heteroatoms. The lowest BCUT2D eigenvalue weighted by molar-refractivity contribution is -0.298. The number of benzene rings is 2. The highest BCUT2D eigenvalue weighted by atomic mass is 32.2. The number of hydrogen-bond donors (Lipinski definition) is 0. The highest BCUT2D eigenvalue weighted by molar-refractivity contribution is 8.03. The number of para-hydroxylation sites is 2. The van der Waals surface area contributed by atoms with Crippen LogP contribution in [-0.2, 0) is 4.79 Å². The van der Waals surface area contributed by atoms with Crippen LogP contribution in [0.2, 0.25) is 0 Å². The summed E-state index contributed by atoms with van der Waals surface area (Å²) in [5.74, 6) is -2.08. The van der Waals surface area contributed by atoms with Crippen molar-refractivity contribution in [3.63, 3.8) is 0 Å². The molecule has 0 fully saturated rings. The van der Waals surface area contributed by atoms with Gasteiger partial charge >= 0.3 is 0 Å². The number of oxazole rings is 1. The summed E-state index contributed by atoms with van der Waals surface area (Å²) in [6, 6.07) is 16.3. The summed E-state index contributed by atoms with van der Waals surface area (Å²) < 4.78 is 11.2. The lowest BCUT2D eigenvalue weighted by atomic mass is 10.1. The molecule has 2 heterocycles. The van der Waals surface area contributed by atoms with Gasteiger partial charge in [-0.2, -0.15) is 0 Å². The molecule has 0 saturated heterocycles. The third-order valence-corrected chi connectivity index (χ3v) is 4.81. The van der Waals surface area contributed by atoms with Gasteiger partial charge in [0.2, 0.25) is 0 Å².